The van der Waals surface area contributed by atoms with E-state index in [1.54, 1.807) is 0 Å². The van der Waals surface area contributed by atoms with Crippen LogP contribution in [0.1, 0.15) is 12.7 Å². The highest BCUT2D eigenvalue weighted by atomic mass is 19.1. The molecule has 0 atom stereocenters. The van der Waals surface area contributed by atoms with Crippen LogP contribution in [0, 0.1) is 15.9 Å². The summed E-state index contributed by atoms with van der Waals surface area (Å²) in [5.41, 5.74) is 5.22. The third kappa shape index (κ3) is 2.97. The van der Waals surface area contributed by atoms with Crippen molar-refractivity contribution in [3.8, 4) is 11.6 Å². The maximum Gasteiger partial charge on any atom is 0.272 e. The first-order chi connectivity index (χ1) is 9.49. The van der Waals surface area contributed by atoms with Gasteiger partial charge in [-0.1, -0.05) is 6.92 Å². The number of hydrogen-bond acceptors (Lipinski definition) is 6. The zero-order valence-electron chi connectivity index (χ0n) is 10.5. The Labute approximate surface area is 113 Å². The van der Waals surface area contributed by atoms with Crippen LogP contribution in [0.5, 0.6) is 11.6 Å². The first-order valence-electron chi connectivity index (χ1n) is 5.75. The molecular weight excluding hydrogens is 267 g/mol. The van der Waals surface area contributed by atoms with Gasteiger partial charge in [-0.25, -0.2) is 9.37 Å². The van der Waals surface area contributed by atoms with Crippen LogP contribution in [0.4, 0.5) is 15.9 Å². The third-order valence-corrected chi connectivity index (χ3v) is 2.43. The molecule has 0 saturated heterocycles. The van der Waals surface area contributed by atoms with Crippen molar-refractivity contribution in [1.82, 2.24) is 9.97 Å². The number of anilines is 1. The van der Waals surface area contributed by atoms with E-state index in [0.717, 1.165) is 18.2 Å². The Morgan fingerprint density at radius 1 is 1.40 bits per heavy atom. The molecule has 1 aromatic heterocycles. The number of benzene rings is 1. The molecule has 2 N–H and O–H groups in total. The molecular formula is C12H11FN4O3. The summed E-state index contributed by atoms with van der Waals surface area (Å²) in [4.78, 5) is 17.8. The van der Waals surface area contributed by atoms with Crippen LogP contribution in [-0.2, 0) is 6.42 Å². The molecule has 2 aromatic rings. The van der Waals surface area contributed by atoms with Crippen molar-refractivity contribution in [2.45, 2.75) is 13.3 Å². The third-order valence-electron chi connectivity index (χ3n) is 2.43. The fraction of sp³-hybridized carbons (Fsp3) is 0.167. The molecule has 0 aliphatic heterocycles. The van der Waals surface area contributed by atoms with E-state index in [9.17, 15) is 14.5 Å². The molecule has 0 bridgehead atoms. The van der Waals surface area contributed by atoms with E-state index >= 15 is 0 Å². The number of ether oxygens (including phenoxy) is 1. The van der Waals surface area contributed by atoms with Gasteiger partial charge in [0.05, 0.1) is 11.0 Å². The Bertz CT molecular complexity index is 663. The van der Waals surface area contributed by atoms with Crippen LogP contribution in [0.2, 0.25) is 0 Å². The van der Waals surface area contributed by atoms with E-state index in [-0.39, 0.29) is 23.1 Å². The summed E-state index contributed by atoms with van der Waals surface area (Å²) in [7, 11) is 0. The molecule has 0 aliphatic rings. The number of halogens is 1. The molecule has 0 amide bonds. The average molecular weight is 278 g/mol. The van der Waals surface area contributed by atoms with Crippen molar-refractivity contribution >= 4 is 11.5 Å². The zero-order chi connectivity index (χ0) is 14.7. The maximum atomic E-state index is 13.7. The summed E-state index contributed by atoms with van der Waals surface area (Å²) in [6.07, 6.45) is 0.546. The molecule has 2 rings (SSSR count). The second kappa shape index (κ2) is 5.47. The minimum Gasteiger partial charge on any atom is -0.436 e. The SMILES string of the molecule is CCc1nc(N)cc(Oc2ccc([N+](=O)[O-])cc2F)n1. The van der Waals surface area contributed by atoms with Crippen molar-refractivity contribution < 1.29 is 14.1 Å². The van der Waals surface area contributed by atoms with Crippen LogP contribution in [0.3, 0.4) is 0 Å². The second-order valence-corrected chi connectivity index (χ2v) is 3.87. The molecule has 104 valence electrons. The average Bonchev–Trinajstić information content (AvgIpc) is 2.40. The van der Waals surface area contributed by atoms with Crippen molar-refractivity contribution in [3.63, 3.8) is 0 Å². The lowest BCUT2D eigenvalue weighted by molar-refractivity contribution is -0.385. The largest absolute Gasteiger partial charge is 0.436 e. The van der Waals surface area contributed by atoms with E-state index in [2.05, 4.69) is 9.97 Å². The van der Waals surface area contributed by atoms with Gasteiger partial charge in [0.15, 0.2) is 11.6 Å². The number of nitro groups is 1. The molecule has 8 heteroatoms. The second-order valence-electron chi connectivity index (χ2n) is 3.87. The van der Waals surface area contributed by atoms with Crippen LogP contribution >= 0.6 is 0 Å². The fourth-order valence-electron chi connectivity index (χ4n) is 1.50. The van der Waals surface area contributed by atoms with Gasteiger partial charge in [0.2, 0.25) is 5.88 Å². The highest BCUT2D eigenvalue weighted by molar-refractivity contribution is 5.40. The molecule has 0 unspecified atom stereocenters. The number of non-ortho nitro benzene ring substituents is 1. The normalized spacial score (nSPS) is 10.3. The van der Waals surface area contributed by atoms with Crippen molar-refractivity contribution in [2.75, 3.05) is 5.73 Å². The molecule has 0 aliphatic carbocycles. The van der Waals surface area contributed by atoms with Gasteiger partial charge in [-0.05, 0) is 6.07 Å². The van der Waals surface area contributed by atoms with Crippen LogP contribution < -0.4 is 10.5 Å². The van der Waals surface area contributed by atoms with Gasteiger partial charge in [-0.15, -0.1) is 0 Å². The number of nitro benzene ring substituents is 1. The van der Waals surface area contributed by atoms with Crippen molar-refractivity contribution in [1.29, 1.82) is 0 Å². The number of hydrogen-bond donors (Lipinski definition) is 1. The van der Waals surface area contributed by atoms with Gasteiger partial charge in [-0.3, -0.25) is 10.1 Å². The fourth-order valence-corrected chi connectivity index (χ4v) is 1.50. The minimum atomic E-state index is -0.852. The monoisotopic (exact) mass is 278 g/mol. The number of aryl methyl sites for hydroxylation is 1. The van der Waals surface area contributed by atoms with Crippen LogP contribution in [0.15, 0.2) is 24.3 Å². The number of nitrogen functional groups attached to an aromatic ring is 1. The minimum absolute atomic E-state index is 0.0853. The van der Waals surface area contributed by atoms with Crippen molar-refractivity contribution in [3.05, 3.63) is 46.0 Å². The summed E-state index contributed by atoms with van der Waals surface area (Å²) in [6, 6.07) is 4.43. The summed E-state index contributed by atoms with van der Waals surface area (Å²) < 4.78 is 18.9. The van der Waals surface area contributed by atoms with E-state index in [1.807, 2.05) is 6.92 Å². The number of rotatable bonds is 4. The summed E-state index contributed by atoms with van der Waals surface area (Å²) in [5.74, 6) is -0.274. The topological polar surface area (TPSA) is 104 Å². The van der Waals surface area contributed by atoms with E-state index < -0.39 is 10.7 Å². The highest BCUT2D eigenvalue weighted by Gasteiger charge is 2.13. The van der Waals surface area contributed by atoms with E-state index in [4.69, 9.17) is 10.5 Å². The molecule has 0 spiro atoms. The molecule has 1 heterocycles. The molecule has 1 aromatic carbocycles. The summed E-state index contributed by atoms with van der Waals surface area (Å²) in [6.45, 7) is 1.84. The number of nitrogens with two attached hydrogens (primary N) is 1. The number of nitrogens with zero attached hydrogens (tertiary/aromatic N) is 3. The lowest BCUT2D eigenvalue weighted by Crippen LogP contribution is -2.01. The number of aromatic nitrogens is 2. The highest BCUT2D eigenvalue weighted by Crippen LogP contribution is 2.27. The lowest BCUT2D eigenvalue weighted by atomic mass is 10.3. The Hall–Kier alpha value is -2.77. The quantitative estimate of drug-likeness (QED) is 0.680. The van der Waals surface area contributed by atoms with Gasteiger partial charge in [0.25, 0.3) is 5.69 Å². The smallest absolute Gasteiger partial charge is 0.272 e. The van der Waals surface area contributed by atoms with Gasteiger partial charge < -0.3 is 10.5 Å². The Morgan fingerprint density at radius 3 is 2.75 bits per heavy atom. The Kier molecular flexibility index (Phi) is 3.74. The molecule has 7 nitrogen and oxygen atoms in total. The van der Waals surface area contributed by atoms with Gasteiger partial charge in [0.1, 0.15) is 11.6 Å². The van der Waals surface area contributed by atoms with Crippen LogP contribution in [0.25, 0.3) is 0 Å². The molecule has 20 heavy (non-hydrogen) atoms. The predicted molar refractivity (Wildman–Crippen MR) is 69.0 cm³/mol. The Balaban J connectivity index is 2.30. The molecule has 0 saturated carbocycles. The van der Waals surface area contributed by atoms with Gasteiger partial charge in [0, 0.05) is 18.6 Å². The maximum absolute atomic E-state index is 13.7. The van der Waals surface area contributed by atoms with Gasteiger partial charge in [-0.2, -0.15) is 4.98 Å². The van der Waals surface area contributed by atoms with Gasteiger partial charge >= 0.3 is 0 Å². The summed E-state index contributed by atoms with van der Waals surface area (Å²) in [5, 5.41) is 10.5. The first kappa shape index (κ1) is 13.7. The van der Waals surface area contributed by atoms with Crippen molar-refractivity contribution in [2.24, 2.45) is 0 Å². The lowest BCUT2D eigenvalue weighted by Gasteiger charge is -2.07. The zero-order valence-corrected chi connectivity index (χ0v) is 10.5. The summed E-state index contributed by atoms with van der Waals surface area (Å²) >= 11 is 0. The molecule has 0 radical (unpaired) electrons. The van der Waals surface area contributed by atoms with E-state index in [0.29, 0.717) is 12.2 Å². The van der Waals surface area contributed by atoms with E-state index in [1.165, 1.54) is 6.07 Å². The first-order valence-corrected chi connectivity index (χ1v) is 5.75. The predicted octanol–water partition coefficient (Wildman–Crippen LogP) is 2.46. The Morgan fingerprint density at radius 2 is 2.15 bits per heavy atom. The standard InChI is InChI=1S/C12H11FN4O3/c1-2-11-15-10(14)6-12(16-11)20-9-4-3-7(17(18)19)5-8(9)13/h3-6H,2H2,1H3,(H2,14,15,16). The molecule has 0 fully saturated rings. The van der Waals surface area contributed by atoms with Crippen LogP contribution in [-0.4, -0.2) is 14.9 Å².